The molecule has 0 atom stereocenters. The molecule has 20 heavy (non-hydrogen) atoms. The second-order valence-corrected chi connectivity index (χ2v) is 4.25. The van der Waals surface area contributed by atoms with Gasteiger partial charge in [-0.2, -0.15) is 5.10 Å². The van der Waals surface area contributed by atoms with Crippen molar-refractivity contribution < 1.29 is 14.2 Å². The molecule has 2 aromatic rings. The predicted molar refractivity (Wildman–Crippen MR) is 76.6 cm³/mol. The van der Waals surface area contributed by atoms with Gasteiger partial charge in [0.15, 0.2) is 11.5 Å². The van der Waals surface area contributed by atoms with E-state index in [-0.39, 0.29) is 0 Å². The highest BCUT2D eigenvalue weighted by molar-refractivity contribution is 7.71. The maximum atomic E-state index is 5.41. The first-order valence-corrected chi connectivity index (χ1v) is 6.25. The van der Waals surface area contributed by atoms with E-state index in [1.54, 1.807) is 32.3 Å². The number of hydrogen-bond acceptors (Lipinski definition) is 6. The minimum atomic E-state index is 0.490. The molecule has 0 bridgehead atoms. The molecule has 1 aromatic carbocycles. The molecule has 1 heterocycles. The van der Waals surface area contributed by atoms with Crippen LogP contribution in [0.3, 0.4) is 0 Å². The van der Waals surface area contributed by atoms with Gasteiger partial charge in [-0.15, -0.1) is 0 Å². The molecular formula is C12H16N4O3S. The van der Waals surface area contributed by atoms with Gasteiger partial charge >= 0.3 is 0 Å². The Morgan fingerprint density at radius 1 is 1.20 bits per heavy atom. The van der Waals surface area contributed by atoms with Gasteiger partial charge in [0.05, 0.1) is 27.9 Å². The van der Waals surface area contributed by atoms with Gasteiger partial charge in [0.2, 0.25) is 10.5 Å². The van der Waals surface area contributed by atoms with Gasteiger partial charge in [-0.05, 0) is 24.4 Å². The first-order valence-electron chi connectivity index (χ1n) is 5.85. The number of ether oxygens (including phenoxy) is 3. The summed E-state index contributed by atoms with van der Waals surface area (Å²) < 4.78 is 18.1. The highest BCUT2D eigenvalue weighted by Crippen LogP contribution is 2.39. The number of hydrogen-bond donors (Lipinski definition) is 2. The summed E-state index contributed by atoms with van der Waals surface area (Å²) in [7, 11) is 4.74. The van der Waals surface area contributed by atoms with E-state index in [1.165, 1.54) is 0 Å². The number of benzene rings is 1. The van der Waals surface area contributed by atoms with Crippen LogP contribution in [-0.2, 0) is 6.54 Å². The molecule has 2 N–H and O–H groups in total. The number of rotatable bonds is 6. The van der Waals surface area contributed by atoms with Crippen LogP contribution in [0, 0.1) is 4.77 Å². The largest absolute Gasteiger partial charge is 0.493 e. The summed E-state index contributed by atoms with van der Waals surface area (Å²) in [6.07, 6.45) is 1.57. The number of H-pyrrole nitrogens is 1. The third-order valence-electron chi connectivity index (χ3n) is 2.78. The second kappa shape index (κ2) is 6.29. The Labute approximate surface area is 121 Å². The average molecular weight is 296 g/mol. The van der Waals surface area contributed by atoms with E-state index in [4.69, 9.17) is 26.4 Å². The van der Waals surface area contributed by atoms with Gasteiger partial charge in [0.25, 0.3) is 0 Å². The van der Waals surface area contributed by atoms with Crippen molar-refractivity contribution in [2.75, 3.05) is 26.8 Å². The van der Waals surface area contributed by atoms with Crippen molar-refractivity contribution in [2.24, 2.45) is 0 Å². The molecular weight excluding hydrogens is 280 g/mol. The van der Waals surface area contributed by atoms with Crippen molar-refractivity contribution in [3.05, 3.63) is 28.8 Å². The van der Waals surface area contributed by atoms with E-state index in [1.807, 2.05) is 12.1 Å². The van der Waals surface area contributed by atoms with Crippen LogP contribution in [0.5, 0.6) is 17.2 Å². The van der Waals surface area contributed by atoms with Crippen molar-refractivity contribution in [2.45, 2.75) is 6.54 Å². The number of aromatic amines is 1. The summed E-state index contributed by atoms with van der Waals surface area (Å²) in [4.78, 5) is 0. The summed E-state index contributed by atoms with van der Waals surface area (Å²) in [5, 5.41) is 6.50. The van der Waals surface area contributed by atoms with Crippen molar-refractivity contribution >= 4 is 12.2 Å². The molecule has 1 aromatic heterocycles. The Balaban J connectivity index is 2.27. The lowest BCUT2D eigenvalue weighted by molar-refractivity contribution is 0.322. The highest BCUT2D eigenvalue weighted by atomic mass is 32.1. The van der Waals surface area contributed by atoms with Crippen LogP contribution >= 0.6 is 12.2 Å². The van der Waals surface area contributed by atoms with Crippen molar-refractivity contribution in [1.82, 2.24) is 14.9 Å². The molecule has 0 aliphatic heterocycles. The van der Waals surface area contributed by atoms with Crippen LogP contribution < -0.4 is 19.6 Å². The zero-order chi connectivity index (χ0) is 14.5. The molecule has 0 radical (unpaired) electrons. The van der Waals surface area contributed by atoms with Crippen LogP contribution in [0.1, 0.15) is 5.56 Å². The molecule has 0 saturated heterocycles. The fraction of sp³-hybridized carbons (Fsp3) is 0.333. The molecule has 0 unspecified atom stereocenters. The second-order valence-electron chi connectivity index (χ2n) is 3.86. The quantitative estimate of drug-likeness (QED) is 0.791. The fourth-order valence-electron chi connectivity index (χ4n) is 1.83. The molecule has 0 aliphatic carbocycles. The van der Waals surface area contributed by atoms with Gasteiger partial charge < -0.3 is 19.6 Å². The molecule has 7 nitrogen and oxygen atoms in total. The van der Waals surface area contributed by atoms with E-state index in [2.05, 4.69) is 15.6 Å². The lowest BCUT2D eigenvalue weighted by Gasteiger charge is -2.16. The lowest BCUT2D eigenvalue weighted by atomic mass is 10.1. The average Bonchev–Trinajstić information content (AvgIpc) is 2.89. The third-order valence-corrected chi connectivity index (χ3v) is 3.07. The van der Waals surface area contributed by atoms with Crippen molar-refractivity contribution in [1.29, 1.82) is 0 Å². The standard InChI is InChI=1S/C12H16N4O3S/c1-17-9-5-4-8(10(18-2)11(9)19-3)6-14-16-7-13-15-12(16)20/h4-5,7,14H,6H2,1-3H3,(H,15,20). The zero-order valence-electron chi connectivity index (χ0n) is 11.5. The summed E-state index contributed by atoms with van der Waals surface area (Å²) in [5.74, 6) is 1.80. The Kier molecular flexibility index (Phi) is 4.46. The first-order chi connectivity index (χ1) is 9.71. The van der Waals surface area contributed by atoms with Crippen LogP contribution in [0.2, 0.25) is 0 Å². The van der Waals surface area contributed by atoms with Crippen LogP contribution in [-0.4, -0.2) is 36.2 Å². The van der Waals surface area contributed by atoms with Gasteiger partial charge in [-0.3, -0.25) is 5.10 Å². The van der Waals surface area contributed by atoms with Gasteiger partial charge in [-0.25, -0.2) is 4.68 Å². The number of methoxy groups -OCH3 is 3. The van der Waals surface area contributed by atoms with E-state index < -0.39 is 0 Å². The minimum Gasteiger partial charge on any atom is -0.493 e. The van der Waals surface area contributed by atoms with Gasteiger partial charge in [0, 0.05) is 5.56 Å². The third kappa shape index (κ3) is 2.69. The topological polar surface area (TPSA) is 73.3 Å². The molecule has 0 saturated carbocycles. The number of aromatic nitrogens is 3. The lowest BCUT2D eigenvalue weighted by Crippen LogP contribution is -2.14. The Hall–Kier alpha value is -2.22. The normalized spacial score (nSPS) is 10.2. The Morgan fingerprint density at radius 2 is 1.95 bits per heavy atom. The summed E-state index contributed by atoms with van der Waals surface area (Å²) in [5.41, 5.74) is 4.03. The molecule has 2 rings (SSSR count). The molecule has 0 spiro atoms. The zero-order valence-corrected chi connectivity index (χ0v) is 12.3. The SMILES string of the molecule is COc1ccc(CNn2cn[nH]c2=S)c(OC)c1OC. The van der Waals surface area contributed by atoms with Crippen LogP contribution in [0.4, 0.5) is 0 Å². The summed E-state index contributed by atoms with van der Waals surface area (Å²) >= 11 is 5.06. The van der Waals surface area contributed by atoms with E-state index in [0.717, 1.165) is 5.56 Å². The van der Waals surface area contributed by atoms with Crippen LogP contribution in [0.25, 0.3) is 0 Å². The van der Waals surface area contributed by atoms with Gasteiger partial charge in [0.1, 0.15) is 6.33 Å². The Morgan fingerprint density at radius 3 is 2.50 bits per heavy atom. The number of nitrogens with one attached hydrogen (secondary N) is 2. The monoisotopic (exact) mass is 296 g/mol. The highest BCUT2D eigenvalue weighted by Gasteiger charge is 2.15. The van der Waals surface area contributed by atoms with Crippen molar-refractivity contribution in [3.63, 3.8) is 0 Å². The maximum absolute atomic E-state index is 5.41. The first kappa shape index (κ1) is 14.2. The fourth-order valence-corrected chi connectivity index (χ4v) is 2.00. The molecule has 0 amide bonds. The maximum Gasteiger partial charge on any atom is 0.214 e. The van der Waals surface area contributed by atoms with E-state index >= 15 is 0 Å². The van der Waals surface area contributed by atoms with E-state index in [9.17, 15) is 0 Å². The van der Waals surface area contributed by atoms with E-state index in [0.29, 0.717) is 28.6 Å². The Bertz CT molecular complexity index is 638. The summed E-state index contributed by atoms with van der Waals surface area (Å²) in [6.45, 7) is 0.497. The minimum absolute atomic E-state index is 0.490. The molecule has 108 valence electrons. The van der Waals surface area contributed by atoms with Crippen LogP contribution in [0.15, 0.2) is 18.5 Å². The smallest absolute Gasteiger partial charge is 0.214 e. The number of nitrogens with zero attached hydrogens (tertiary/aromatic N) is 2. The van der Waals surface area contributed by atoms with Crippen molar-refractivity contribution in [3.8, 4) is 17.2 Å². The summed E-state index contributed by atoms with van der Waals surface area (Å²) in [6, 6.07) is 3.73. The predicted octanol–water partition coefficient (Wildman–Crippen LogP) is 1.71. The molecule has 0 aliphatic rings. The van der Waals surface area contributed by atoms with Gasteiger partial charge in [-0.1, -0.05) is 0 Å². The molecule has 8 heteroatoms. The molecule has 0 fully saturated rings.